The molecular weight excluding hydrogens is 303 g/mol. The number of piperidine rings is 1. The van der Waals surface area contributed by atoms with Gasteiger partial charge in [-0.25, -0.2) is 0 Å². The Hall–Kier alpha value is -1.20. The maximum absolute atomic E-state index is 13.0. The van der Waals surface area contributed by atoms with Gasteiger partial charge in [0, 0.05) is 11.4 Å². The summed E-state index contributed by atoms with van der Waals surface area (Å²) in [4.78, 5) is 0. The van der Waals surface area contributed by atoms with Crippen molar-refractivity contribution in [3.8, 4) is 0 Å². The van der Waals surface area contributed by atoms with Gasteiger partial charge in [0.05, 0.1) is 11.8 Å². The smallest absolute Gasteiger partial charge is 0.417 e. The van der Waals surface area contributed by atoms with Crippen molar-refractivity contribution < 1.29 is 17.6 Å². The second kappa shape index (κ2) is 5.89. The lowest BCUT2D eigenvalue weighted by Gasteiger charge is -2.28. The van der Waals surface area contributed by atoms with Crippen LogP contribution in [-0.2, 0) is 6.18 Å². The van der Waals surface area contributed by atoms with Gasteiger partial charge in [-0.2, -0.15) is 13.2 Å². The molecule has 21 heavy (non-hydrogen) atoms. The molecule has 2 unspecified atom stereocenters. The topological polar surface area (TPSA) is 25.2 Å². The second-order valence-electron chi connectivity index (χ2n) is 5.44. The third-order valence-corrected chi connectivity index (χ3v) is 4.02. The summed E-state index contributed by atoms with van der Waals surface area (Å²) in [5.41, 5.74) is 0.664. The van der Waals surface area contributed by atoms with Gasteiger partial charge >= 0.3 is 6.18 Å². The lowest BCUT2D eigenvalue weighted by atomic mass is 9.85. The van der Waals surface area contributed by atoms with E-state index >= 15 is 0 Å². The van der Waals surface area contributed by atoms with E-state index < -0.39 is 11.7 Å². The van der Waals surface area contributed by atoms with Gasteiger partial charge < -0.3 is 9.73 Å². The van der Waals surface area contributed by atoms with Crippen LogP contribution in [-0.4, -0.2) is 12.6 Å². The molecule has 1 saturated heterocycles. The molecule has 2 aromatic rings. The summed E-state index contributed by atoms with van der Waals surface area (Å²) < 4.78 is 44.3. The average molecular weight is 320 g/mol. The van der Waals surface area contributed by atoms with Gasteiger partial charge in [-0.15, -0.1) is 12.4 Å². The van der Waals surface area contributed by atoms with Crippen molar-refractivity contribution in [1.29, 1.82) is 0 Å². The van der Waals surface area contributed by atoms with Gasteiger partial charge in [0.2, 0.25) is 0 Å². The Morgan fingerprint density at radius 1 is 1.24 bits per heavy atom. The second-order valence-corrected chi connectivity index (χ2v) is 5.44. The minimum Gasteiger partial charge on any atom is -0.464 e. The van der Waals surface area contributed by atoms with Gasteiger partial charge in [0.1, 0.15) is 5.58 Å². The van der Waals surface area contributed by atoms with Crippen molar-refractivity contribution >= 4 is 23.4 Å². The zero-order valence-electron chi connectivity index (χ0n) is 11.5. The highest BCUT2D eigenvalue weighted by Crippen LogP contribution is 2.40. The van der Waals surface area contributed by atoms with Crippen LogP contribution in [0.2, 0.25) is 0 Å². The molecule has 3 rings (SSSR count). The van der Waals surface area contributed by atoms with Crippen LogP contribution in [0.1, 0.15) is 36.8 Å². The van der Waals surface area contributed by atoms with Crippen molar-refractivity contribution in [2.45, 2.75) is 37.9 Å². The fourth-order valence-corrected chi connectivity index (χ4v) is 3.07. The van der Waals surface area contributed by atoms with E-state index in [-0.39, 0.29) is 23.7 Å². The summed E-state index contributed by atoms with van der Waals surface area (Å²) in [6, 6.07) is 4.55. The van der Waals surface area contributed by atoms with E-state index in [0.29, 0.717) is 11.6 Å². The Balaban J connectivity index is 0.00000161. The molecule has 0 radical (unpaired) electrons. The van der Waals surface area contributed by atoms with Gasteiger partial charge in [-0.05, 0) is 49.9 Å². The molecule has 2 atom stereocenters. The van der Waals surface area contributed by atoms with Crippen molar-refractivity contribution in [2.75, 3.05) is 6.54 Å². The molecule has 2 heterocycles. The van der Waals surface area contributed by atoms with Crippen molar-refractivity contribution in [3.05, 3.63) is 35.6 Å². The normalized spacial score (nSPS) is 23.0. The molecule has 1 aromatic carbocycles. The maximum atomic E-state index is 13.0. The van der Waals surface area contributed by atoms with Crippen LogP contribution in [0.25, 0.3) is 11.0 Å². The summed E-state index contributed by atoms with van der Waals surface area (Å²) in [6.07, 6.45) is -1.16. The van der Waals surface area contributed by atoms with Gasteiger partial charge in [0.15, 0.2) is 0 Å². The fraction of sp³-hybridized carbons (Fsp3) is 0.467. The van der Waals surface area contributed by atoms with E-state index in [1.165, 1.54) is 18.4 Å². The Kier molecular flexibility index (Phi) is 4.54. The zero-order chi connectivity index (χ0) is 14.3. The number of hydrogen-bond donors (Lipinski definition) is 1. The minimum absolute atomic E-state index is 0. The molecule has 6 heteroatoms. The summed E-state index contributed by atoms with van der Waals surface area (Å²) in [5.74, 6) is 0.252. The van der Waals surface area contributed by atoms with Gasteiger partial charge in [-0.3, -0.25) is 0 Å². The standard InChI is InChI=1S/C15H16F3NO.ClH/c1-9-8-10(4-6-19-9)11-2-3-13(15(16,17)18)12-5-7-20-14(11)12;/h2-3,5,7,9-10,19H,4,6,8H2,1H3;1H. The molecule has 0 amide bonds. The number of alkyl halides is 3. The summed E-state index contributed by atoms with van der Waals surface area (Å²) in [5, 5.41) is 3.52. The molecule has 0 saturated carbocycles. The first-order chi connectivity index (χ1) is 9.47. The van der Waals surface area contributed by atoms with Gasteiger partial charge in [0.25, 0.3) is 0 Å². The molecule has 1 fully saturated rings. The predicted molar refractivity (Wildman–Crippen MR) is 77.9 cm³/mol. The average Bonchev–Trinajstić information content (AvgIpc) is 2.85. The number of rotatable bonds is 1. The van der Waals surface area contributed by atoms with Crippen molar-refractivity contribution in [2.24, 2.45) is 0 Å². The number of halogens is 4. The maximum Gasteiger partial charge on any atom is 0.417 e. The first-order valence-electron chi connectivity index (χ1n) is 6.77. The van der Waals surface area contributed by atoms with Crippen LogP contribution in [0.3, 0.4) is 0 Å². The van der Waals surface area contributed by atoms with E-state index in [2.05, 4.69) is 12.2 Å². The van der Waals surface area contributed by atoms with Crippen LogP contribution in [0.15, 0.2) is 28.9 Å². The zero-order valence-corrected chi connectivity index (χ0v) is 12.4. The molecule has 1 N–H and O–H groups in total. The quantitative estimate of drug-likeness (QED) is 0.822. The van der Waals surface area contributed by atoms with Crippen molar-refractivity contribution in [3.63, 3.8) is 0 Å². The van der Waals surface area contributed by atoms with Crippen LogP contribution in [0.4, 0.5) is 13.2 Å². The number of benzene rings is 1. The van der Waals surface area contributed by atoms with E-state index in [0.717, 1.165) is 24.9 Å². The summed E-state index contributed by atoms with van der Waals surface area (Å²) >= 11 is 0. The lowest BCUT2D eigenvalue weighted by Crippen LogP contribution is -2.34. The Morgan fingerprint density at radius 2 is 2.00 bits per heavy atom. The van der Waals surface area contributed by atoms with E-state index in [9.17, 15) is 13.2 Å². The molecule has 0 bridgehead atoms. The molecule has 0 aliphatic carbocycles. The predicted octanol–water partition coefficient (Wildman–Crippen LogP) is 4.73. The number of furan rings is 1. The van der Waals surface area contributed by atoms with Crippen LogP contribution in [0, 0.1) is 0 Å². The Bertz CT molecular complexity index is 623. The molecule has 2 nitrogen and oxygen atoms in total. The third kappa shape index (κ3) is 3.04. The van der Waals surface area contributed by atoms with Crippen molar-refractivity contribution in [1.82, 2.24) is 5.32 Å². The molecular formula is C15H17ClF3NO. The number of fused-ring (bicyclic) bond motifs is 1. The molecule has 1 aliphatic heterocycles. The Morgan fingerprint density at radius 3 is 2.67 bits per heavy atom. The van der Waals surface area contributed by atoms with E-state index in [1.807, 2.05) is 0 Å². The molecule has 0 spiro atoms. The molecule has 1 aliphatic rings. The Labute approximate surface area is 127 Å². The van der Waals surface area contributed by atoms with E-state index in [1.54, 1.807) is 6.07 Å². The third-order valence-electron chi connectivity index (χ3n) is 4.02. The summed E-state index contributed by atoms with van der Waals surface area (Å²) in [6.45, 7) is 2.98. The van der Waals surface area contributed by atoms with Gasteiger partial charge in [-0.1, -0.05) is 6.07 Å². The largest absolute Gasteiger partial charge is 0.464 e. The first-order valence-corrected chi connectivity index (χ1v) is 6.77. The van der Waals surface area contributed by atoms with Crippen LogP contribution >= 0.6 is 12.4 Å². The summed E-state index contributed by atoms with van der Waals surface area (Å²) in [7, 11) is 0. The first kappa shape index (κ1) is 16.2. The number of nitrogens with one attached hydrogen (secondary N) is 1. The SMILES string of the molecule is CC1CC(c2ccc(C(F)(F)F)c3ccoc23)CCN1.Cl. The highest BCUT2D eigenvalue weighted by molar-refractivity contribution is 5.85. The highest BCUT2D eigenvalue weighted by Gasteiger charge is 2.34. The van der Waals surface area contributed by atoms with E-state index in [4.69, 9.17) is 4.42 Å². The molecule has 1 aromatic heterocycles. The van der Waals surface area contributed by atoms with Crippen LogP contribution in [0.5, 0.6) is 0 Å². The number of hydrogen-bond acceptors (Lipinski definition) is 2. The monoisotopic (exact) mass is 319 g/mol. The lowest BCUT2D eigenvalue weighted by molar-refractivity contribution is -0.136. The highest BCUT2D eigenvalue weighted by atomic mass is 35.5. The minimum atomic E-state index is -4.35. The van der Waals surface area contributed by atoms with Crippen LogP contribution < -0.4 is 5.32 Å². The molecule has 116 valence electrons. The fourth-order valence-electron chi connectivity index (χ4n) is 3.07.